The average molecular weight is 340 g/mol. The second-order valence-corrected chi connectivity index (χ2v) is 5.54. The van der Waals surface area contributed by atoms with E-state index in [1.807, 2.05) is 23.0 Å². The van der Waals surface area contributed by atoms with Gasteiger partial charge in [0.05, 0.1) is 17.6 Å². The lowest BCUT2D eigenvalue weighted by molar-refractivity contribution is 0.671. The van der Waals surface area contributed by atoms with Crippen molar-refractivity contribution in [2.45, 2.75) is 25.4 Å². The number of hydrogen-bond donors (Lipinski definition) is 1. The molecule has 3 rings (SSSR count). The van der Waals surface area contributed by atoms with Crippen molar-refractivity contribution in [3.05, 3.63) is 39.7 Å². The van der Waals surface area contributed by atoms with E-state index in [1.165, 1.54) is 16.4 Å². The Labute approximate surface area is 114 Å². The summed E-state index contributed by atoms with van der Waals surface area (Å²) in [4.78, 5) is 0. The van der Waals surface area contributed by atoms with Crippen molar-refractivity contribution >= 4 is 22.6 Å². The highest BCUT2D eigenvalue weighted by atomic mass is 127. The van der Waals surface area contributed by atoms with Gasteiger partial charge < -0.3 is 5.32 Å². The van der Waals surface area contributed by atoms with Gasteiger partial charge in [-0.3, -0.25) is 0 Å². The molecule has 0 spiro atoms. The van der Waals surface area contributed by atoms with Crippen LogP contribution < -0.4 is 5.32 Å². The molecular weight excluding hydrogens is 327 g/mol. The second kappa shape index (κ2) is 4.73. The fourth-order valence-corrected chi connectivity index (χ4v) is 2.19. The first-order valence-corrected chi connectivity index (χ1v) is 6.80. The Morgan fingerprint density at radius 1 is 1.41 bits per heavy atom. The van der Waals surface area contributed by atoms with Crippen LogP contribution in [0.2, 0.25) is 0 Å². The smallest absolute Gasteiger partial charge is 0.0969 e. The first-order chi connectivity index (χ1) is 8.31. The topological polar surface area (TPSA) is 42.7 Å². The van der Waals surface area contributed by atoms with E-state index in [4.69, 9.17) is 0 Å². The molecule has 5 heteroatoms. The molecular formula is C12H13IN4. The number of benzene rings is 1. The minimum absolute atomic E-state index is 0.706. The van der Waals surface area contributed by atoms with Crippen LogP contribution in [-0.4, -0.2) is 21.0 Å². The molecule has 0 unspecified atom stereocenters. The summed E-state index contributed by atoms with van der Waals surface area (Å²) in [5, 5.41) is 11.8. The van der Waals surface area contributed by atoms with Gasteiger partial charge in [-0.25, -0.2) is 4.68 Å². The molecule has 0 bridgehead atoms. The first-order valence-electron chi connectivity index (χ1n) is 5.72. The summed E-state index contributed by atoms with van der Waals surface area (Å²) in [6.07, 6.45) is 4.58. The molecule has 0 radical (unpaired) electrons. The van der Waals surface area contributed by atoms with E-state index in [0.717, 1.165) is 17.9 Å². The molecule has 1 fully saturated rings. The molecule has 0 saturated heterocycles. The van der Waals surface area contributed by atoms with Gasteiger partial charge in [0, 0.05) is 16.2 Å². The van der Waals surface area contributed by atoms with Crippen LogP contribution in [0.3, 0.4) is 0 Å². The van der Waals surface area contributed by atoms with Crippen molar-refractivity contribution in [1.82, 2.24) is 20.3 Å². The summed E-state index contributed by atoms with van der Waals surface area (Å²) in [7, 11) is 0. The first kappa shape index (κ1) is 11.2. The molecule has 88 valence electrons. The van der Waals surface area contributed by atoms with Crippen LogP contribution in [-0.2, 0) is 6.54 Å². The van der Waals surface area contributed by atoms with Gasteiger partial charge in [-0.1, -0.05) is 11.3 Å². The minimum Gasteiger partial charge on any atom is -0.308 e. The van der Waals surface area contributed by atoms with Crippen molar-refractivity contribution in [3.63, 3.8) is 0 Å². The Bertz CT molecular complexity index is 519. The van der Waals surface area contributed by atoms with Crippen molar-refractivity contribution < 1.29 is 0 Å². The number of hydrogen-bond acceptors (Lipinski definition) is 3. The molecule has 1 heterocycles. The quantitative estimate of drug-likeness (QED) is 0.867. The Balaban J connectivity index is 1.74. The third-order valence-electron chi connectivity index (χ3n) is 2.76. The maximum atomic E-state index is 4.17. The van der Waals surface area contributed by atoms with Gasteiger partial charge in [0.2, 0.25) is 0 Å². The van der Waals surface area contributed by atoms with E-state index in [9.17, 15) is 0 Å². The second-order valence-electron chi connectivity index (χ2n) is 4.29. The molecule has 1 aromatic heterocycles. The Hall–Kier alpha value is -0.950. The molecule has 1 aliphatic rings. The van der Waals surface area contributed by atoms with Gasteiger partial charge in [0.15, 0.2) is 0 Å². The van der Waals surface area contributed by atoms with Crippen LogP contribution in [0.1, 0.15) is 18.5 Å². The van der Waals surface area contributed by atoms with Crippen LogP contribution >= 0.6 is 22.6 Å². The zero-order chi connectivity index (χ0) is 11.7. The number of nitrogens with zero attached hydrogens (tertiary/aromatic N) is 3. The van der Waals surface area contributed by atoms with Crippen LogP contribution in [0.4, 0.5) is 0 Å². The maximum absolute atomic E-state index is 4.17. The van der Waals surface area contributed by atoms with Crippen LogP contribution in [0.5, 0.6) is 0 Å². The van der Waals surface area contributed by atoms with Gasteiger partial charge >= 0.3 is 0 Å². The van der Waals surface area contributed by atoms with Crippen molar-refractivity contribution in [2.24, 2.45) is 0 Å². The van der Waals surface area contributed by atoms with E-state index >= 15 is 0 Å². The Kier molecular flexibility index (Phi) is 3.11. The number of halogens is 1. The van der Waals surface area contributed by atoms with Gasteiger partial charge in [-0.05, 0) is 53.6 Å². The number of nitrogens with one attached hydrogen (secondary N) is 1. The van der Waals surface area contributed by atoms with Crippen LogP contribution in [0.15, 0.2) is 30.5 Å². The zero-order valence-electron chi connectivity index (χ0n) is 9.31. The van der Waals surface area contributed by atoms with Gasteiger partial charge in [-0.15, -0.1) is 5.10 Å². The summed E-state index contributed by atoms with van der Waals surface area (Å²) in [5.74, 6) is 0. The highest BCUT2D eigenvalue weighted by Crippen LogP contribution is 2.19. The SMILES string of the molecule is Ic1cccc(-n2cc(CNC3CC3)nn2)c1. The summed E-state index contributed by atoms with van der Waals surface area (Å²) in [5.41, 5.74) is 2.05. The highest BCUT2D eigenvalue weighted by molar-refractivity contribution is 14.1. The van der Waals surface area contributed by atoms with E-state index < -0.39 is 0 Å². The summed E-state index contributed by atoms with van der Waals surface area (Å²) < 4.78 is 3.03. The Morgan fingerprint density at radius 3 is 3.06 bits per heavy atom. The molecule has 0 amide bonds. The highest BCUT2D eigenvalue weighted by Gasteiger charge is 2.20. The molecule has 0 aliphatic heterocycles. The monoisotopic (exact) mass is 340 g/mol. The standard InChI is InChI=1S/C12H13IN4/c13-9-2-1-3-12(6-9)17-8-11(15-16-17)7-14-10-4-5-10/h1-3,6,8,10,14H,4-5,7H2. The van der Waals surface area contributed by atoms with E-state index in [2.05, 4.69) is 50.4 Å². The number of aromatic nitrogens is 3. The molecule has 0 atom stereocenters. The average Bonchev–Trinajstić information content (AvgIpc) is 3.04. The molecule has 1 saturated carbocycles. The fourth-order valence-electron chi connectivity index (χ4n) is 1.66. The van der Waals surface area contributed by atoms with Crippen LogP contribution in [0, 0.1) is 3.57 Å². The molecule has 1 aromatic carbocycles. The molecule has 2 aromatic rings. The van der Waals surface area contributed by atoms with Crippen molar-refractivity contribution in [1.29, 1.82) is 0 Å². The van der Waals surface area contributed by atoms with E-state index in [0.29, 0.717) is 6.04 Å². The fraction of sp³-hybridized carbons (Fsp3) is 0.333. The normalized spacial score (nSPS) is 15.1. The predicted octanol–water partition coefficient (Wildman–Crippen LogP) is 2.12. The molecule has 17 heavy (non-hydrogen) atoms. The molecule has 4 nitrogen and oxygen atoms in total. The third kappa shape index (κ3) is 2.84. The van der Waals surface area contributed by atoms with Gasteiger partial charge in [-0.2, -0.15) is 0 Å². The third-order valence-corrected chi connectivity index (χ3v) is 3.43. The Morgan fingerprint density at radius 2 is 2.29 bits per heavy atom. The van der Waals surface area contributed by atoms with Crippen LogP contribution in [0.25, 0.3) is 5.69 Å². The largest absolute Gasteiger partial charge is 0.308 e. The van der Waals surface area contributed by atoms with Crippen molar-refractivity contribution in [2.75, 3.05) is 0 Å². The lowest BCUT2D eigenvalue weighted by Crippen LogP contribution is -2.15. The molecule has 1 aliphatic carbocycles. The minimum atomic E-state index is 0.706. The van der Waals surface area contributed by atoms with E-state index in [-0.39, 0.29) is 0 Å². The van der Waals surface area contributed by atoms with Gasteiger partial charge in [0.1, 0.15) is 0 Å². The molecule has 1 N–H and O–H groups in total. The van der Waals surface area contributed by atoms with Gasteiger partial charge in [0.25, 0.3) is 0 Å². The summed E-state index contributed by atoms with van der Waals surface area (Å²) in [6.45, 7) is 0.814. The summed E-state index contributed by atoms with van der Waals surface area (Å²) >= 11 is 2.30. The predicted molar refractivity (Wildman–Crippen MR) is 73.9 cm³/mol. The van der Waals surface area contributed by atoms with Crippen molar-refractivity contribution in [3.8, 4) is 5.69 Å². The maximum Gasteiger partial charge on any atom is 0.0969 e. The summed E-state index contributed by atoms with van der Waals surface area (Å²) in [6, 6.07) is 8.93. The lowest BCUT2D eigenvalue weighted by atomic mass is 10.3. The number of rotatable bonds is 4. The zero-order valence-corrected chi connectivity index (χ0v) is 11.5. The lowest BCUT2D eigenvalue weighted by Gasteiger charge is -2.00. The van der Waals surface area contributed by atoms with E-state index in [1.54, 1.807) is 0 Å².